The van der Waals surface area contributed by atoms with Crippen LogP contribution in [0, 0.1) is 0 Å². The van der Waals surface area contributed by atoms with Gasteiger partial charge in [-0.25, -0.2) is 8.42 Å². The molecule has 0 saturated carbocycles. The Morgan fingerprint density at radius 3 is 2.43 bits per heavy atom. The Morgan fingerprint density at radius 2 is 1.95 bits per heavy atom. The van der Waals surface area contributed by atoms with Crippen molar-refractivity contribution in [1.29, 1.82) is 0 Å². The maximum atomic E-state index is 12.2. The average Bonchev–Trinajstić information content (AvgIpc) is 2.44. The fraction of sp³-hybridized carbons (Fsp3) is 0.500. The van der Waals surface area contributed by atoms with Crippen molar-refractivity contribution in [1.82, 2.24) is 5.32 Å². The number of rotatable bonds is 8. The molecule has 1 aromatic carbocycles. The van der Waals surface area contributed by atoms with Crippen molar-refractivity contribution in [2.24, 2.45) is 0 Å². The van der Waals surface area contributed by atoms with Crippen LogP contribution in [0.1, 0.15) is 13.3 Å². The minimum Gasteiger partial charge on any atom is -0.383 e. The summed E-state index contributed by atoms with van der Waals surface area (Å²) in [6.07, 6.45) is 1.48. The Kier molecular flexibility index (Phi) is 6.64. The van der Waals surface area contributed by atoms with Gasteiger partial charge in [0.1, 0.15) is 6.04 Å². The van der Waals surface area contributed by atoms with Crippen LogP contribution in [0.2, 0.25) is 0 Å². The fourth-order valence-electron chi connectivity index (χ4n) is 2.03. The Bertz CT molecular complexity index is 545. The lowest BCUT2D eigenvalue weighted by Crippen LogP contribution is -2.49. The molecule has 1 atom stereocenters. The van der Waals surface area contributed by atoms with Gasteiger partial charge in [0.25, 0.3) is 0 Å². The minimum atomic E-state index is -3.56. The smallest absolute Gasteiger partial charge is 0.243 e. The zero-order chi connectivity index (χ0) is 15.9. The summed E-state index contributed by atoms with van der Waals surface area (Å²) in [5, 5.41) is 2.69. The van der Waals surface area contributed by atoms with Crippen molar-refractivity contribution in [2.75, 3.05) is 30.8 Å². The number of ether oxygens (including phenoxy) is 1. The number of methoxy groups -OCH3 is 1. The van der Waals surface area contributed by atoms with Crippen molar-refractivity contribution in [3.63, 3.8) is 0 Å². The quantitative estimate of drug-likeness (QED) is 0.726. The zero-order valence-electron chi connectivity index (χ0n) is 12.6. The van der Waals surface area contributed by atoms with E-state index in [0.717, 1.165) is 10.6 Å². The van der Waals surface area contributed by atoms with Gasteiger partial charge in [-0.15, -0.1) is 0 Å². The molecule has 0 heterocycles. The Morgan fingerprint density at radius 1 is 1.33 bits per heavy atom. The summed E-state index contributed by atoms with van der Waals surface area (Å²) < 4.78 is 30.2. The molecule has 0 saturated heterocycles. The van der Waals surface area contributed by atoms with Crippen LogP contribution < -0.4 is 9.62 Å². The molecular formula is C14H22N2O4S. The summed E-state index contributed by atoms with van der Waals surface area (Å²) in [5.41, 5.74) is 0.480. The van der Waals surface area contributed by atoms with Gasteiger partial charge < -0.3 is 10.1 Å². The van der Waals surface area contributed by atoms with Crippen molar-refractivity contribution in [2.45, 2.75) is 19.4 Å². The number of sulfonamides is 1. The summed E-state index contributed by atoms with van der Waals surface area (Å²) >= 11 is 0. The molecule has 0 aliphatic carbocycles. The van der Waals surface area contributed by atoms with Crippen LogP contribution in [0.15, 0.2) is 30.3 Å². The molecule has 1 rings (SSSR count). The maximum Gasteiger partial charge on any atom is 0.243 e. The van der Waals surface area contributed by atoms with E-state index in [1.54, 1.807) is 37.3 Å². The highest BCUT2D eigenvalue weighted by atomic mass is 32.2. The Labute approximate surface area is 126 Å². The first-order chi connectivity index (χ1) is 9.91. The Hall–Kier alpha value is -1.60. The van der Waals surface area contributed by atoms with E-state index >= 15 is 0 Å². The van der Waals surface area contributed by atoms with Gasteiger partial charge in [-0.1, -0.05) is 25.1 Å². The predicted octanol–water partition coefficient (Wildman–Crippen LogP) is 0.994. The molecule has 118 valence electrons. The topological polar surface area (TPSA) is 75.7 Å². The largest absolute Gasteiger partial charge is 0.383 e. The third-order valence-electron chi connectivity index (χ3n) is 2.95. The van der Waals surface area contributed by atoms with E-state index in [-0.39, 0.29) is 5.91 Å². The molecule has 0 aromatic heterocycles. The second-order valence-electron chi connectivity index (χ2n) is 4.60. The minimum absolute atomic E-state index is 0.330. The summed E-state index contributed by atoms with van der Waals surface area (Å²) in [5.74, 6) is -0.330. The lowest BCUT2D eigenvalue weighted by molar-refractivity contribution is -0.122. The van der Waals surface area contributed by atoms with Crippen LogP contribution in [0.5, 0.6) is 0 Å². The van der Waals surface area contributed by atoms with Crippen molar-refractivity contribution >= 4 is 21.6 Å². The number of para-hydroxylation sites is 1. The lowest BCUT2D eigenvalue weighted by atomic mass is 10.2. The molecule has 6 nitrogen and oxygen atoms in total. The first-order valence-corrected chi connectivity index (χ1v) is 8.57. The number of carbonyl (C=O) groups excluding carboxylic acids is 1. The molecule has 7 heteroatoms. The molecule has 21 heavy (non-hydrogen) atoms. The van der Waals surface area contributed by atoms with Gasteiger partial charge in [-0.3, -0.25) is 9.10 Å². The molecule has 0 fully saturated rings. The molecule has 0 radical (unpaired) electrons. The number of nitrogens with one attached hydrogen (secondary N) is 1. The van der Waals surface area contributed by atoms with Crippen LogP contribution in [0.3, 0.4) is 0 Å². The molecule has 0 unspecified atom stereocenters. The van der Waals surface area contributed by atoms with Gasteiger partial charge in [0.2, 0.25) is 15.9 Å². The van der Waals surface area contributed by atoms with Gasteiger partial charge in [0.15, 0.2) is 0 Å². The summed E-state index contributed by atoms with van der Waals surface area (Å²) in [7, 11) is -2.03. The number of anilines is 1. The van der Waals surface area contributed by atoms with E-state index in [0.29, 0.717) is 25.3 Å². The highest BCUT2D eigenvalue weighted by molar-refractivity contribution is 7.92. The third kappa shape index (κ3) is 5.02. The fourth-order valence-corrected chi connectivity index (χ4v) is 3.24. The molecule has 1 N–H and O–H groups in total. The highest BCUT2D eigenvalue weighted by Gasteiger charge is 2.30. The van der Waals surface area contributed by atoms with Crippen LogP contribution in [-0.2, 0) is 19.6 Å². The standard InChI is InChI=1S/C14H22N2O4S/c1-4-13(14(17)15-10-11-20-2)16(21(3,18)19)12-8-6-5-7-9-12/h5-9,13H,4,10-11H2,1-3H3,(H,15,17)/t13-/m1/s1. The second kappa shape index (κ2) is 7.99. The molecule has 0 spiro atoms. The third-order valence-corrected chi connectivity index (χ3v) is 4.13. The van der Waals surface area contributed by atoms with Crippen LogP contribution in [-0.4, -0.2) is 46.9 Å². The van der Waals surface area contributed by atoms with E-state index in [4.69, 9.17) is 4.74 Å². The summed E-state index contributed by atoms with van der Waals surface area (Å²) in [4.78, 5) is 12.2. The van der Waals surface area contributed by atoms with Crippen molar-refractivity contribution in [3.05, 3.63) is 30.3 Å². The lowest BCUT2D eigenvalue weighted by Gasteiger charge is -2.30. The normalized spacial score (nSPS) is 12.7. The van der Waals surface area contributed by atoms with Gasteiger partial charge in [-0.2, -0.15) is 0 Å². The Balaban J connectivity index is 3.03. The van der Waals surface area contributed by atoms with E-state index in [1.807, 2.05) is 0 Å². The number of benzene rings is 1. The van der Waals surface area contributed by atoms with Crippen LogP contribution in [0.25, 0.3) is 0 Å². The number of hydrogen-bond acceptors (Lipinski definition) is 4. The summed E-state index contributed by atoms with van der Waals surface area (Å²) in [6, 6.07) is 7.84. The summed E-state index contributed by atoms with van der Waals surface area (Å²) in [6.45, 7) is 2.51. The van der Waals surface area contributed by atoms with Crippen LogP contribution in [0.4, 0.5) is 5.69 Å². The molecular weight excluding hydrogens is 292 g/mol. The molecule has 0 bridgehead atoms. The van der Waals surface area contributed by atoms with Gasteiger partial charge >= 0.3 is 0 Å². The number of hydrogen-bond donors (Lipinski definition) is 1. The van der Waals surface area contributed by atoms with Gasteiger partial charge in [0.05, 0.1) is 18.6 Å². The van der Waals surface area contributed by atoms with Gasteiger partial charge in [0, 0.05) is 13.7 Å². The molecule has 1 aromatic rings. The number of amides is 1. The average molecular weight is 314 g/mol. The van der Waals surface area contributed by atoms with E-state index in [1.165, 1.54) is 7.11 Å². The zero-order valence-corrected chi connectivity index (χ0v) is 13.4. The van der Waals surface area contributed by atoms with E-state index < -0.39 is 16.1 Å². The monoisotopic (exact) mass is 314 g/mol. The van der Waals surface area contributed by atoms with Crippen LogP contribution >= 0.6 is 0 Å². The predicted molar refractivity (Wildman–Crippen MR) is 82.7 cm³/mol. The van der Waals surface area contributed by atoms with Gasteiger partial charge in [-0.05, 0) is 18.6 Å². The van der Waals surface area contributed by atoms with E-state index in [2.05, 4.69) is 5.32 Å². The first-order valence-electron chi connectivity index (χ1n) is 6.73. The SMILES string of the molecule is CC[C@H](C(=O)NCCOC)N(c1ccccc1)S(C)(=O)=O. The van der Waals surface area contributed by atoms with Crippen molar-refractivity contribution < 1.29 is 17.9 Å². The molecule has 0 aliphatic rings. The molecule has 0 aliphatic heterocycles. The first kappa shape index (κ1) is 17.5. The van der Waals surface area contributed by atoms with E-state index in [9.17, 15) is 13.2 Å². The second-order valence-corrected chi connectivity index (χ2v) is 6.46. The number of nitrogens with zero attached hydrogens (tertiary/aromatic N) is 1. The molecule has 1 amide bonds. The van der Waals surface area contributed by atoms with Crippen molar-refractivity contribution in [3.8, 4) is 0 Å². The number of carbonyl (C=O) groups is 1. The maximum absolute atomic E-state index is 12.2. The highest BCUT2D eigenvalue weighted by Crippen LogP contribution is 2.21.